The van der Waals surface area contributed by atoms with Gasteiger partial charge in [-0.15, -0.1) is 0 Å². The van der Waals surface area contributed by atoms with Gasteiger partial charge in [0.1, 0.15) is 5.82 Å². The molecule has 3 fully saturated rings. The average molecular weight is 330 g/mol. The molecule has 3 heterocycles. The van der Waals surface area contributed by atoms with E-state index in [2.05, 4.69) is 14.9 Å². The second kappa shape index (κ2) is 6.51. The van der Waals surface area contributed by atoms with Crippen LogP contribution >= 0.6 is 0 Å². The zero-order valence-electron chi connectivity index (χ0n) is 14.9. The van der Waals surface area contributed by atoms with Crippen molar-refractivity contribution in [1.29, 1.82) is 0 Å². The summed E-state index contributed by atoms with van der Waals surface area (Å²) in [6, 6.07) is 0. The van der Waals surface area contributed by atoms with Crippen LogP contribution in [0.3, 0.4) is 0 Å². The Morgan fingerprint density at radius 2 is 2.04 bits per heavy atom. The van der Waals surface area contributed by atoms with E-state index < -0.39 is 0 Å². The largest absolute Gasteiger partial charge is 0.345 e. The number of carbonyl (C=O) groups excluding carboxylic acids is 1. The summed E-state index contributed by atoms with van der Waals surface area (Å²) in [4.78, 5) is 24.4. The third-order valence-corrected chi connectivity index (χ3v) is 6.47. The van der Waals surface area contributed by atoms with Crippen LogP contribution in [-0.2, 0) is 17.8 Å². The zero-order chi connectivity index (χ0) is 16.6. The summed E-state index contributed by atoms with van der Waals surface area (Å²) >= 11 is 0. The van der Waals surface area contributed by atoms with Gasteiger partial charge < -0.3 is 9.88 Å². The maximum absolute atomic E-state index is 11.9. The molecule has 0 bridgehead atoms. The summed E-state index contributed by atoms with van der Waals surface area (Å²) in [6.45, 7) is 4.11. The second-order valence-corrected chi connectivity index (χ2v) is 8.41. The van der Waals surface area contributed by atoms with Crippen molar-refractivity contribution in [3.8, 4) is 0 Å². The number of aromatic amines is 1. The van der Waals surface area contributed by atoms with Crippen LogP contribution in [-0.4, -0.2) is 52.4 Å². The van der Waals surface area contributed by atoms with E-state index in [1.165, 1.54) is 37.2 Å². The molecule has 1 spiro atoms. The molecule has 1 aliphatic carbocycles. The Morgan fingerprint density at radius 1 is 1.29 bits per heavy atom. The fourth-order valence-electron chi connectivity index (χ4n) is 4.94. The van der Waals surface area contributed by atoms with Gasteiger partial charge in [-0.2, -0.15) is 0 Å². The lowest BCUT2D eigenvalue weighted by molar-refractivity contribution is -0.126. The number of rotatable bonds is 4. The van der Waals surface area contributed by atoms with E-state index in [9.17, 15) is 4.79 Å². The Balaban J connectivity index is 1.28. The standard InChI is InChI=1S/C19H30N4O/c1-22-14-19(11-18(22)24)6-8-23(9-7-19)13-16-12-20-17(21-16)10-15-4-2-3-5-15/h12,15H,2-11,13-14H2,1H3,(H,20,21). The first-order valence-electron chi connectivity index (χ1n) is 9.61. The number of H-pyrrole nitrogens is 1. The first kappa shape index (κ1) is 16.1. The molecule has 1 N–H and O–H groups in total. The van der Waals surface area contributed by atoms with Gasteiger partial charge in [0.15, 0.2) is 0 Å². The van der Waals surface area contributed by atoms with Gasteiger partial charge in [0.2, 0.25) is 5.91 Å². The van der Waals surface area contributed by atoms with E-state index in [0.29, 0.717) is 5.91 Å². The van der Waals surface area contributed by atoms with Crippen LogP contribution in [0, 0.1) is 11.3 Å². The number of likely N-dealkylation sites (tertiary alicyclic amines) is 2. The molecule has 1 amide bonds. The van der Waals surface area contributed by atoms with E-state index >= 15 is 0 Å². The van der Waals surface area contributed by atoms with Crippen molar-refractivity contribution in [3.63, 3.8) is 0 Å². The fourth-order valence-corrected chi connectivity index (χ4v) is 4.94. The fraction of sp³-hybridized carbons (Fsp3) is 0.789. The third kappa shape index (κ3) is 3.37. The molecule has 1 saturated carbocycles. The Kier molecular flexibility index (Phi) is 4.37. The highest BCUT2D eigenvalue weighted by atomic mass is 16.2. The van der Waals surface area contributed by atoms with Gasteiger partial charge >= 0.3 is 0 Å². The molecule has 1 aromatic rings. The highest BCUT2D eigenvalue weighted by molar-refractivity contribution is 5.79. The van der Waals surface area contributed by atoms with Crippen molar-refractivity contribution >= 4 is 5.91 Å². The molecule has 0 unspecified atom stereocenters. The topological polar surface area (TPSA) is 52.2 Å². The number of nitrogens with zero attached hydrogens (tertiary/aromatic N) is 3. The Bertz CT molecular complexity index is 582. The molecule has 4 rings (SSSR count). The van der Waals surface area contributed by atoms with Crippen molar-refractivity contribution in [1.82, 2.24) is 19.8 Å². The first-order valence-corrected chi connectivity index (χ1v) is 9.61. The van der Waals surface area contributed by atoms with Gasteiger partial charge in [0.25, 0.3) is 0 Å². The molecule has 3 aliphatic rings. The van der Waals surface area contributed by atoms with Crippen molar-refractivity contribution in [2.45, 2.75) is 57.9 Å². The van der Waals surface area contributed by atoms with Crippen molar-refractivity contribution < 1.29 is 4.79 Å². The van der Waals surface area contributed by atoms with Crippen molar-refractivity contribution in [2.24, 2.45) is 11.3 Å². The second-order valence-electron chi connectivity index (χ2n) is 8.41. The van der Waals surface area contributed by atoms with E-state index in [1.54, 1.807) is 0 Å². The minimum absolute atomic E-state index is 0.254. The number of carbonyl (C=O) groups is 1. The molecule has 132 valence electrons. The number of amides is 1. The van der Waals surface area contributed by atoms with Crippen LogP contribution in [0.15, 0.2) is 6.20 Å². The number of nitrogens with one attached hydrogen (secondary N) is 1. The summed E-state index contributed by atoms with van der Waals surface area (Å²) in [5.74, 6) is 2.35. The molecular weight excluding hydrogens is 300 g/mol. The molecule has 5 heteroatoms. The summed E-state index contributed by atoms with van der Waals surface area (Å²) in [7, 11) is 1.94. The van der Waals surface area contributed by atoms with Crippen LogP contribution in [0.1, 0.15) is 56.5 Å². The average Bonchev–Trinajstić information content (AvgIpc) is 3.27. The number of imidazole rings is 1. The molecule has 0 radical (unpaired) electrons. The van der Waals surface area contributed by atoms with Gasteiger partial charge in [-0.3, -0.25) is 9.69 Å². The zero-order valence-corrected chi connectivity index (χ0v) is 14.9. The Hall–Kier alpha value is -1.36. The molecule has 1 aromatic heterocycles. The quantitative estimate of drug-likeness (QED) is 0.923. The molecule has 2 aliphatic heterocycles. The maximum Gasteiger partial charge on any atom is 0.222 e. The summed E-state index contributed by atoms with van der Waals surface area (Å²) in [5, 5.41) is 0. The summed E-state index contributed by atoms with van der Waals surface area (Å²) in [6.07, 6.45) is 11.7. The normalized spacial score (nSPS) is 25.2. The van der Waals surface area contributed by atoms with E-state index in [1.807, 2.05) is 18.1 Å². The van der Waals surface area contributed by atoms with Crippen molar-refractivity contribution in [3.05, 3.63) is 17.7 Å². The molecular formula is C19H30N4O. The third-order valence-electron chi connectivity index (χ3n) is 6.47. The molecule has 24 heavy (non-hydrogen) atoms. The molecule has 2 saturated heterocycles. The van der Waals surface area contributed by atoms with Gasteiger partial charge in [0.05, 0.1) is 0 Å². The van der Waals surface area contributed by atoms with E-state index in [4.69, 9.17) is 0 Å². The lowest BCUT2D eigenvalue weighted by Crippen LogP contribution is -2.40. The van der Waals surface area contributed by atoms with Gasteiger partial charge in [-0.05, 0) is 37.3 Å². The predicted octanol–water partition coefficient (Wildman–Crippen LogP) is 2.59. The monoisotopic (exact) mass is 330 g/mol. The van der Waals surface area contributed by atoms with Crippen LogP contribution in [0.4, 0.5) is 0 Å². The number of aromatic nitrogens is 2. The predicted molar refractivity (Wildman–Crippen MR) is 93.4 cm³/mol. The van der Waals surface area contributed by atoms with Gasteiger partial charge in [-0.25, -0.2) is 4.98 Å². The molecule has 0 atom stereocenters. The number of hydrogen-bond donors (Lipinski definition) is 1. The molecule has 5 nitrogen and oxygen atoms in total. The minimum Gasteiger partial charge on any atom is -0.345 e. The van der Waals surface area contributed by atoms with Crippen LogP contribution in [0.25, 0.3) is 0 Å². The lowest BCUT2D eigenvalue weighted by Gasteiger charge is -2.38. The van der Waals surface area contributed by atoms with Crippen molar-refractivity contribution in [2.75, 3.05) is 26.7 Å². The van der Waals surface area contributed by atoms with E-state index in [0.717, 1.165) is 57.8 Å². The maximum atomic E-state index is 11.9. The van der Waals surface area contributed by atoms with Crippen LogP contribution in [0.5, 0.6) is 0 Å². The van der Waals surface area contributed by atoms with E-state index in [-0.39, 0.29) is 5.41 Å². The van der Waals surface area contributed by atoms with Gasteiger partial charge in [-0.1, -0.05) is 25.7 Å². The summed E-state index contributed by atoms with van der Waals surface area (Å²) < 4.78 is 0. The molecule has 0 aromatic carbocycles. The smallest absolute Gasteiger partial charge is 0.222 e. The summed E-state index contributed by atoms with van der Waals surface area (Å²) in [5.41, 5.74) is 1.50. The van der Waals surface area contributed by atoms with Crippen LogP contribution in [0.2, 0.25) is 0 Å². The van der Waals surface area contributed by atoms with Crippen LogP contribution < -0.4 is 0 Å². The Labute approximate surface area is 144 Å². The highest BCUT2D eigenvalue weighted by Crippen LogP contribution is 2.40. The Morgan fingerprint density at radius 3 is 2.71 bits per heavy atom. The van der Waals surface area contributed by atoms with Gasteiger partial charge in [0, 0.05) is 44.9 Å². The minimum atomic E-state index is 0.254. The number of piperidine rings is 1. The highest BCUT2D eigenvalue weighted by Gasteiger charge is 2.43. The SMILES string of the molecule is CN1CC2(CCN(Cc3cnc(CC4CCCC4)[nH]3)CC2)CC1=O. The number of hydrogen-bond acceptors (Lipinski definition) is 3. The first-order chi connectivity index (χ1) is 11.6. The lowest BCUT2D eigenvalue weighted by atomic mass is 9.77.